The summed E-state index contributed by atoms with van der Waals surface area (Å²) in [6, 6.07) is 11.6. The molecule has 8 nitrogen and oxygen atoms in total. The maximum Gasteiger partial charge on any atom is 0.510 e. The average molecular weight is 607 g/mol. The first-order valence-electron chi connectivity index (χ1n) is 14.5. The number of unbranched alkanes of at least 4 members (excludes halogenated alkanes) is 1. The number of fused-ring (bicyclic) bond motifs is 1. The summed E-state index contributed by atoms with van der Waals surface area (Å²) < 4.78 is 16.6. The summed E-state index contributed by atoms with van der Waals surface area (Å²) in [5, 5.41) is 1.21. The van der Waals surface area contributed by atoms with E-state index in [9.17, 15) is 9.59 Å². The summed E-state index contributed by atoms with van der Waals surface area (Å²) in [4.78, 5) is 31.1. The summed E-state index contributed by atoms with van der Waals surface area (Å²) in [6.45, 7) is 11.2. The van der Waals surface area contributed by atoms with Gasteiger partial charge in [-0.25, -0.2) is 4.79 Å². The van der Waals surface area contributed by atoms with Crippen molar-refractivity contribution in [2.24, 2.45) is 5.92 Å². The van der Waals surface area contributed by atoms with Gasteiger partial charge in [0.2, 0.25) is 5.91 Å². The standard InChI is InChI=1S/C31H41Cl2N3O5/c1-22(2)19-23(3)41-31(38)40-21-36-28-20-25(11-9-24(28)10-12-29(36)37)39-18-5-4-13-34-14-16-35(17-15-34)27-8-6-7-26(32)30(27)33/h6-9,11,20,22-23H,4-5,10,12-19,21H2,1-3H3. The third-order valence-corrected chi connectivity index (χ3v) is 8.26. The maximum atomic E-state index is 12.7. The molecule has 2 aromatic carbocycles. The zero-order valence-corrected chi connectivity index (χ0v) is 25.8. The molecule has 1 unspecified atom stereocenters. The fourth-order valence-corrected chi connectivity index (χ4v) is 5.77. The monoisotopic (exact) mass is 605 g/mol. The summed E-state index contributed by atoms with van der Waals surface area (Å²) in [6.07, 6.45) is 2.71. The first-order chi connectivity index (χ1) is 19.7. The van der Waals surface area contributed by atoms with Gasteiger partial charge in [0.15, 0.2) is 6.73 Å². The Bertz CT molecular complexity index is 1190. The van der Waals surface area contributed by atoms with Gasteiger partial charge in [0, 0.05) is 38.7 Å². The van der Waals surface area contributed by atoms with Crippen LogP contribution < -0.4 is 14.5 Å². The van der Waals surface area contributed by atoms with Crippen LogP contribution in [0.25, 0.3) is 0 Å². The molecule has 2 aromatic rings. The number of carbonyl (C=O) groups is 2. The second-order valence-electron chi connectivity index (χ2n) is 11.2. The lowest BCUT2D eigenvalue weighted by molar-refractivity contribution is -0.119. The predicted molar refractivity (Wildman–Crippen MR) is 163 cm³/mol. The summed E-state index contributed by atoms with van der Waals surface area (Å²) in [5.74, 6) is 1.02. The van der Waals surface area contributed by atoms with E-state index in [4.69, 9.17) is 37.4 Å². The van der Waals surface area contributed by atoms with Gasteiger partial charge in [-0.2, -0.15) is 0 Å². The number of piperazine rings is 1. The number of hydrogen-bond acceptors (Lipinski definition) is 7. The smallest absolute Gasteiger partial charge is 0.494 e. The molecule has 0 N–H and O–H groups in total. The highest BCUT2D eigenvalue weighted by molar-refractivity contribution is 6.43. The Morgan fingerprint density at radius 3 is 2.51 bits per heavy atom. The predicted octanol–water partition coefficient (Wildman–Crippen LogP) is 6.80. The van der Waals surface area contributed by atoms with Crippen LogP contribution in [-0.4, -0.2) is 69.1 Å². The molecule has 10 heteroatoms. The number of amides is 1. The molecule has 2 heterocycles. The number of anilines is 2. The highest BCUT2D eigenvalue weighted by Gasteiger charge is 2.26. The minimum absolute atomic E-state index is 0.0876. The molecule has 1 saturated heterocycles. The number of nitrogens with zero attached hydrogens (tertiary/aromatic N) is 3. The van der Waals surface area contributed by atoms with Gasteiger partial charge in [0.1, 0.15) is 11.9 Å². The van der Waals surface area contributed by atoms with Crippen LogP contribution in [-0.2, 0) is 20.7 Å². The molecule has 224 valence electrons. The first kappa shape index (κ1) is 31.3. The van der Waals surface area contributed by atoms with E-state index in [0.29, 0.717) is 41.2 Å². The van der Waals surface area contributed by atoms with Gasteiger partial charge in [0.25, 0.3) is 0 Å². The third-order valence-electron chi connectivity index (χ3n) is 7.45. The molecule has 0 radical (unpaired) electrons. The normalized spacial score (nSPS) is 16.5. The number of benzene rings is 2. The van der Waals surface area contributed by atoms with Crippen molar-refractivity contribution in [3.05, 3.63) is 52.0 Å². The zero-order valence-electron chi connectivity index (χ0n) is 24.2. The number of carbonyl (C=O) groups excluding carboxylic acids is 2. The summed E-state index contributed by atoms with van der Waals surface area (Å²) in [5.41, 5.74) is 2.75. The number of rotatable bonds is 12. The molecule has 0 spiro atoms. The minimum atomic E-state index is -0.764. The lowest BCUT2D eigenvalue weighted by atomic mass is 10.0. The molecular formula is C31H41Cl2N3O5. The average Bonchev–Trinajstić information content (AvgIpc) is 2.93. The van der Waals surface area contributed by atoms with Crippen LogP contribution >= 0.6 is 23.2 Å². The van der Waals surface area contributed by atoms with E-state index in [1.165, 1.54) is 4.90 Å². The molecule has 41 heavy (non-hydrogen) atoms. The van der Waals surface area contributed by atoms with Crippen molar-refractivity contribution in [3.63, 3.8) is 0 Å². The van der Waals surface area contributed by atoms with Crippen molar-refractivity contribution in [2.45, 2.75) is 59.0 Å². The Hall–Kier alpha value is -2.68. The molecule has 2 aliphatic heterocycles. The molecule has 1 atom stereocenters. The summed E-state index contributed by atoms with van der Waals surface area (Å²) >= 11 is 12.6. The highest BCUT2D eigenvalue weighted by Crippen LogP contribution is 2.33. The highest BCUT2D eigenvalue weighted by atomic mass is 35.5. The number of ether oxygens (including phenoxy) is 3. The van der Waals surface area contributed by atoms with Crippen LogP contribution in [0, 0.1) is 5.92 Å². The van der Waals surface area contributed by atoms with E-state index in [0.717, 1.165) is 68.9 Å². The van der Waals surface area contributed by atoms with Gasteiger partial charge in [-0.05, 0) is 68.8 Å². The van der Waals surface area contributed by atoms with Crippen LogP contribution in [0.3, 0.4) is 0 Å². The van der Waals surface area contributed by atoms with Crippen molar-refractivity contribution in [3.8, 4) is 5.75 Å². The van der Waals surface area contributed by atoms with Crippen LogP contribution in [0.2, 0.25) is 10.0 Å². The second-order valence-corrected chi connectivity index (χ2v) is 11.9. The maximum absolute atomic E-state index is 12.7. The molecule has 4 rings (SSSR count). The fraction of sp³-hybridized carbons (Fsp3) is 0.548. The molecule has 1 amide bonds. The molecule has 0 bridgehead atoms. The molecule has 0 aliphatic carbocycles. The van der Waals surface area contributed by atoms with Gasteiger partial charge < -0.3 is 19.1 Å². The Morgan fingerprint density at radius 2 is 1.76 bits per heavy atom. The molecule has 0 saturated carbocycles. The van der Waals surface area contributed by atoms with Crippen molar-refractivity contribution in [2.75, 3.05) is 55.9 Å². The van der Waals surface area contributed by atoms with Gasteiger partial charge in [-0.3, -0.25) is 14.6 Å². The lowest BCUT2D eigenvalue weighted by Crippen LogP contribution is -2.46. The molecular weight excluding hydrogens is 565 g/mol. The van der Waals surface area contributed by atoms with E-state index in [1.54, 1.807) is 0 Å². The molecule has 1 fully saturated rings. The quantitative estimate of drug-likeness (QED) is 0.194. The SMILES string of the molecule is CC(C)CC(C)OC(=O)OCN1C(=O)CCc2ccc(OCCCCN3CCN(c4cccc(Cl)c4Cl)CC3)cc21. The van der Waals surface area contributed by atoms with Crippen molar-refractivity contribution in [1.29, 1.82) is 0 Å². The second kappa shape index (κ2) is 15.0. The van der Waals surface area contributed by atoms with Gasteiger partial charge in [-0.1, -0.05) is 49.2 Å². The van der Waals surface area contributed by atoms with Crippen molar-refractivity contribution >= 4 is 46.6 Å². The Kier molecular flexibility index (Phi) is 11.4. The van der Waals surface area contributed by atoms with Gasteiger partial charge in [0.05, 0.1) is 28.0 Å². The molecule has 2 aliphatic rings. The fourth-order valence-electron chi connectivity index (χ4n) is 5.35. The number of aryl methyl sites for hydroxylation is 1. The van der Waals surface area contributed by atoms with Crippen LogP contribution in [0.1, 0.15) is 52.0 Å². The van der Waals surface area contributed by atoms with Crippen LogP contribution in [0.5, 0.6) is 5.75 Å². The largest absolute Gasteiger partial charge is 0.510 e. The topological polar surface area (TPSA) is 71.5 Å². The van der Waals surface area contributed by atoms with E-state index < -0.39 is 6.16 Å². The number of hydrogen-bond donors (Lipinski definition) is 0. The first-order valence-corrected chi connectivity index (χ1v) is 15.3. The van der Waals surface area contributed by atoms with E-state index in [2.05, 4.69) is 23.6 Å². The van der Waals surface area contributed by atoms with Crippen molar-refractivity contribution < 1.29 is 23.8 Å². The zero-order chi connectivity index (χ0) is 29.4. The summed E-state index contributed by atoms with van der Waals surface area (Å²) in [7, 11) is 0. The third kappa shape index (κ3) is 8.90. The van der Waals surface area contributed by atoms with E-state index in [-0.39, 0.29) is 18.7 Å². The van der Waals surface area contributed by atoms with Crippen molar-refractivity contribution in [1.82, 2.24) is 4.90 Å². The van der Waals surface area contributed by atoms with E-state index in [1.807, 2.05) is 43.3 Å². The Labute approximate surface area is 253 Å². The van der Waals surface area contributed by atoms with Gasteiger partial charge >= 0.3 is 6.16 Å². The van der Waals surface area contributed by atoms with Gasteiger partial charge in [-0.15, -0.1) is 0 Å². The minimum Gasteiger partial charge on any atom is -0.494 e. The molecule has 0 aromatic heterocycles. The van der Waals surface area contributed by atoms with E-state index >= 15 is 0 Å². The Morgan fingerprint density at radius 1 is 0.976 bits per heavy atom. The number of halogens is 2. The Balaban J connectivity index is 1.19. The van der Waals surface area contributed by atoms with Crippen LogP contribution in [0.4, 0.5) is 16.2 Å². The van der Waals surface area contributed by atoms with Crippen LogP contribution in [0.15, 0.2) is 36.4 Å². The lowest BCUT2D eigenvalue weighted by Gasteiger charge is -2.36.